The smallest absolute Gasteiger partial charge is 0.312 e. The minimum absolute atomic E-state index is 0.216. The van der Waals surface area contributed by atoms with Gasteiger partial charge in [0.05, 0.1) is 6.54 Å². The molecule has 1 aliphatic rings. The van der Waals surface area contributed by atoms with E-state index in [9.17, 15) is 9.59 Å². The largest absolute Gasteiger partial charge is 0.384 e. The number of aromatic nitrogens is 2. The molecule has 0 unspecified atom stereocenters. The number of carbonyl (C=O) groups is 2. The number of amides is 2. The Labute approximate surface area is 111 Å². The number of piperazine rings is 1. The number of nitrogens with two attached hydrogens (primary N) is 1. The molecule has 2 amide bonds. The van der Waals surface area contributed by atoms with Gasteiger partial charge in [0, 0.05) is 31.4 Å². The SMILES string of the molecule is CCN1CCN(Cc2nc(C)cc(N)n2)C(=O)C1=O. The number of anilines is 1. The maximum atomic E-state index is 11.9. The van der Waals surface area contributed by atoms with Crippen molar-refractivity contribution in [3.8, 4) is 0 Å². The normalized spacial score (nSPS) is 16.1. The number of nitrogen functional groups attached to an aromatic ring is 1. The van der Waals surface area contributed by atoms with Gasteiger partial charge < -0.3 is 15.5 Å². The number of nitrogens with zero attached hydrogens (tertiary/aromatic N) is 4. The van der Waals surface area contributed by atoms with Crippen LogP contribution in [0.25, 0.3) is 0 Å². The Bertz CT molecular complexity index is 497. The van der Waals surface area contributed by atoms with E-state index in [1.165, 1.54) is 9.80 Å². The third kappa shape index (κ3) is 2.81. The molecule has 19 heavy (non-hydrogen) atoms. The van der Waals surface area contributed by atoms with Gasteiger partial charge in [-0.05, 0) is 13.8 Å². The second-order valence-electron chi connectivity index (χ2n) is 4.46. The van der Waals surface area contributed by atoms with Gasteiger partial charge in [-0.1, -0.05) is 0 Å². The Kier molecular flexibility index (Phi) is 3.64. The van der Waals surface area contributed by atoms with Crippen molar-refractivity contribution in [1.82, 2.24) is 19.8 Å². The summed E-state index contributed by atoms with van der Waals surface area (Å²) in [6.07, 6.45) is 0. The van der Waals surface area contributed by atoms with Gasteiger partial charge in [0.25, 0.3) is 0 Å². The van der Waals surface area contributed by atoms with E-state index in [1.54, 1.807) is 6.07 Å². The van der Waals surface area contributed by atoms with Crippen molar-refractivity contribution < 1.29 is 9.59 Å². The Morgan fingerprint density at radius 2 is 1.84 bits per heavy atom. The lowest BCUT2D eigenvalue weighted by molar-refractivity contribution is -0.156. The Balaban J connectivity index is 2.11. The van der Waals surface area contributed by atoms with E-state index < -0.39 is 11.8 Å². The lowest BCUT2D eigenvalue weighted by Crippen LogP contribution is -2.53. The summed E-state index contributed by atoms with van der Waals surface area (Å²) in [5, 5.41) is 0. The quantitative estimate of drug-likeness (QED) is 0.746. The van der Waals surface area contributed by atoms with Crippen LogP contribution in [0, 0.1) is 6.92 Å². The molecule has 1 aromatic heterocycles. The molecule has 2 N–H and O–H groups in total. The van der Waals surface area contributed by atoms with Crippen LogP contribution >= 0.6 is 0 Å². The maximum absolute atomic E-state index is 11.9. The Morgan fingerprint density at radius 3 is 2.47 bits per heavy atom. The van der Waals surface area contributed by atoms with Crippen LogP contribution in [-0.4, -0.2) is 51.2 Å². The van der Waals surface area contributed by atoms with Crippen molar-refractivity contribution in [2.45, 2.75) is 20.4 Å². The molecule has 0 aromatic carbocycles. The minimum atomic E-state index is -0.503. The van der Waals surface area contributed by atoms with Crippen molar-refractivity contribution >= 4 is 17.6 Å². The number of hydrogen-bond acceptors (Lipinski definition) is 5. The molecular weight excluding hydrogens is 246 g/mol. The average molecular weight is 263 g/mol. The van der Waals surface area contributed by atoms with Gasteiger partial charge in [-0.3, -0.25) is 9.59 Å². The molecule has 2 rings (SSSR count). The first-order valence-corrected chi connectivity index (χ1v) is 6.19. The molecule has 1 fully saturated rings. The average Bonchev–Trinajstić information content (AvgIpc) is 2.34. The predicted octanol–water partition coefficient (Wildman–Crippen LogP) is -0.442. The molecule has 7 heteroatoms. The van der Waals surface area contributed by atoms with E-state index in [-0.39, 0.29) is 6.54 Å². The predicted molar refractivity (Wildman–Crippen MR) is 68.9 cm³/mol. The van der Waals surface area contributed by atoms with Gasteiger partial charge in [-0.2, -0.15) is 0 Å². The fourth-order valence-corrected chi connectivity index (χ4v) is 2.07. The fraction of sp³-hybridized carbons (Fsp3) is 0.500. The topological polar surface area (TPSA) is 92.4 Å². The van der Waals surface area contributed by atoms with Crippen LogP contribution in [0.4, 0.5) is 5.82 Å². The van der Waals surface area contributed by atoms with Gasteiger partial charge in [0.1, 0.15) is 11.6 Å². The van der Waals surface area contributed by atoms with E-state index in [2.05, 4.69) is 9.97 Å². The standard InChI is InChI=1S/C12H17N5O2/c1-3-16-4-5-17(12(19)11(16)18)7-10-14-8(2)6-9(13)15-10/h6H,3-5,7H2,1-2H3,(H2,13,14,15). The molecule has 1 saturated heterocycles. The van der Waals surface area contributed by atoms with Crippen LogP contribution in [0.5, 0.6) is 0 Å². The number of rotatable bonds is 3. The van der Waals surface area contributed by atoms with Crippen LogP contribution in [0.2, 0.25) is 0 Å². The molecule has 0 radical (unpaired) electrons. The highest BCUT2D eigenvalue weighted by Gasteiger charge is 2.31. The lowest BCUT2D eigenvalue weighted by atomic mass is 10.3. The van der Waals surface area contributed by atoms with Crippen molar-refractivity contribution in [2.75, 3.05) is 25.4 Å². The summed E-state index contributed by atoms with van der Waals surface area (Å²) < 4.78 is 0. The molecule has 1 aromatic rings. The van der Waals surface area contributed by atoms with Crippen LogP contribution in [-0.2, 0) is 16.1 Å². The van der Waals surface area contributed by atoms with E-state index in [1.807, 2.05) is 13.8 Å². The van der Waals surface area contributed by atoms with Gasteiger partial charge in [-0.15, -0.1) is 0 Å². The maximum Gasteiger partial charge on any atom is 0.312 e. The Hall–Kier alpha value is -2.18. The van der Waals surface area contributed by atoms with Crippen LogP contribution in [0.1, 0.15) is 18.4 Å². The summed E-state index contributed by atoms with van der Waals surface area (Å²) in [7, 11) is 0. The molecule has 0 aliphatic carbocycles. The van der Waals surface area contributed by atoms with Gasteiger partial charge in [0.15, 0.2) is 0 Å². The second kappa shape index (κ2) is 5.21. The van der Waals surface area contributed by atoms with Crippen molar-refractivity contribution in [3.05, 3.63) is 17.6 Å². The lowest BCUT2D eigenvalue weighted by Gasteiger charge is -2.32. The summed E-state index contributed by atoms with van der Waals surface area (Å²) >= 11 is 0. The number of aryl methyl sites for hydroxylation is 1. The van der Waals surface area contributed by atoms with Crippen LogP contribution in [0.15, 0.2) is 6.07 Å². The molecule has 1 aliphatic heterocycles. The zero-order valence-electron chi connectivity index (χ0n) is 11.1. The number of hydrogen-bond donors (Lipinski definition) is 1. The molecule has 0 spiro atoms. The zero-order valence-corrected chi connectivity index (χ0v) is 11.1. The molecule has 2 heterocycles. The third-order valence-electron chi connectivity index (χ3n) is 3.03. The monoisotopic (exact) mass is 263 g/mol. The molecule has 0 bridgehead atoms. The van der Waals surface area contributed by atoms with Gasteiger partial charge in [-0.25, -0.2) is 9.97 Å². The summed E-state index contributed by atoms with van der Waals surface area (Å²) in [5.41, 5.74) is 6.38. The molecule has 7 nitrogen and oxygen atoms in total. The summed E-state index contributed by atoms with van der Waals surface area (Å²) in [5.74, 6) is -0.136. The van der Waals surface area contributed by atoms with Crippen molar-refractivity contribution in [3.63, 3.8) is 0 Å². The minimum Gasteiger partial charge on any atom is -0.384 e. The van der Waals surface area contributed by atoms with E-state index in [0.29, 0.717) is 31.3 Å². The first-order chi connectivity index (χ1) is 9.01. The number of carbonyl (C=O) groups excluding carboxylic acids is 2. The van der Waals surface area contributed by atoms with Gasteiger partial charge in [0.2, 0.25) is 0 Å². The van der Waals surface area contributed by atoms with Crippen molar-refractivity contribution in [2.24, 2.45) is 0 Å². The van der Waals surface area contributed by atoms with E-state index in [4.69, 9.17) is 5.73 Å². The fourth-order valence-electron chi connectivity index (χ4n) is 2.07. The number of likely N-dealkylation sites (N-methyl/N-ethyl adjacent to an activating group) is 1. The molecule has 0 atom stereocenters. The van der Waals surface area contributed by atoms with Crippen LogP contribution < -0.4 is 5.73 Å². The first-order valence-electron chi connectivity index (χ1n) is 6.19. The van der Waals surface area contributed by atoms with Crippen LogP contribution in [0.3, 0.4) is 0 Å². The highest BCUT2D eigenvalue weighted by molar-refractivity contribution is 6.35. The summed E-state index contributed by atoms with van der Waals surface area (Å²) in [6.45, 7) is 5.47. The second-order valence-corrected chi connectivity index (χ2v) is 4.46. The molecule has 102 valence electrons. The molecular formula is C12H17N5O2. The Morgan fingerprint density at radius 1 is 1.21 bits per heavy atom. The van der Waals surface area contributed by atoms with Gasteiger partial charge >= 0.3 is 11.8 Å². The molecule has 0 saturated carbocycles. The zero-order chi connectivity index (χ0) is 14.0. The summed E-state index contributed by atoms with van der Waals surface area (Å²) in [6, 6.07) is 1.66. The highest BCUT2D eigenvalue weighted by Crippen LogP contribution is 2.10. The third-order valence-corrected chi connectivity index (χ3v) is 3.03. The first kappa shape index (κ1) is 13.3. The van der Waals surface area contributed by atoms with Crippen molar-refractivity contribution in [1.29, 1.82) is 0 Å². The van der Waals surface area contributed by atoms with E-state index in [0.717, 1.165) is 5.69 Å². The summed E-state index contributed by atoms with van der Waals surface area (Å²) in [4.78, 5) is 35.0. The highest BCUT2D eigenvalue weighted by atomic mass is 16.2. The van der Waals surface area contributed by atoms with E-state index >= 15 is 0 Å².